The molecular formula is C11H15ClF2N4O3S. The number of fused-ring (bicyclic) bond motifs is 1. The van der Waals surface area contributed by atoms with Crippen LogP contribution in [-0.4, -0.2) is 56.4 Å². The van der Waals surface area contributed by atoms with Crippen LogP contribution in [-0.2, 0) is 14.8 Å². The van der Waals surface area contributed by atoms with Crippen molar-refractivity contribution >= 4 is 34.2 Å². The van der Waals surface area contributed by atoms with Gasteiger partial charge in [0.15, 0.2) is 0 Å². The van der Waals surface area contributed by atoms with Gasteiger partial charge in [0.1, 0.15) is 5.84 Å². The number of halogens is 3. The molecule has 22 heavy (non-hydrogen) atoms. The highest BCUT2D eigenvalue weighted by atomic mass is 35.5. The van der Waals surface area contributed by atoms with Gasteiger partial charge in [-0.2, -0.15) is 0 Å². The molecule has 0 aromatic heterocycles. The fourth-order valence-electron chi connectivity index (χ4n) is 1.72. The summed E-state index contributed by atoms with van der Waals surface area (Å²) < 4.78 is 52.1. The maximum atomic E-state index is 13.0. The number of hydrogen-bond donors (Lipinski definition) is 2. The zero-order valence-electron chi connectivity index (χ0n) is 11.3. The average molecular weight is 357 g/mol. The second kappa shape index (κ2) is 6.71. The Hall–Kier alpha value is -1.52. The van der Waals surface area contributed by atoms with Crippen LogP contribution in [0.1, 0.15) is 0 Å². The standard InChI is InChI=1S/C11H14F2N4O3S.ClH/c12-11(13,6-14)7-15-10(18)8-1-2-9-16-21(19,20)4-3-17(9)5-8;/h1-2,5H,3-4,6-7,14H2,(H,15,18);1H. The lowest BCUT2D eigenvalue weighted by molar-refractivity contribution is -0.119. The van der Waals surface area contributed by atoms with Crippen LogP contribution in [0.3, 0.4) is 0 Å². The molecule has 2 aliphatic rings. The number of rotatable bonds is 4. The van der Waals surface area contributed by atoms with Crippen LogP contribution in [0.4, 0.5) is 8.78 Å². The summed E-state index contributed by atoms with van der Waals surface area (Å²) >= 11 is 0. The van der Waals surface area contributed by atoms with Crippen LogP contribution in [0.2, 0.25) is 0 Å². The van der Waals surface area contributed by atoms with E-state index >= 15 is 0 Å². The van der Waals surface area contributed by atoms with E-state index in [1.807, 2.05) is 0 Å². The van der Waals surface area contributed by atoms with Gasteiger partial charge in [-0.05, 0) is 12.2 Å². The molecule has 0 saturated heterocycles. The number of carbonyl (C=O) groups excluding carboxylic acids is 1. The van der Waals surface area contributed by atoms with E-state index in [9.17, 15) is 22.0 Å². The second-order valence-electron chi connectivity index (χ2n) is 4.59. The molecule has 11 heteroatoms. The van der Waals surface area contributed by atoms with E-state index in [-0.39, 0.29) is 36.1 Å². The van der Waals surface area contributed by atoms with Crippen LogP contribution < -0.4 is 11.1 Å². The number of amides is 1. The third-order valence-electron chi connectivity index (χ3n) is 2.89. The van der Waals surface area contributed by atoms with E-state index < -0.39 is 34.9 Å². The molecule has 0 aliphatic carbocycles. The molecule has 0 unspecified atom stereocenters. The Morgan fingerprint density at radius 2 is 2.14 bits per heavy atom. The Bertz CT molecular complexity index is 646. The smallest absolute Gasteiger partial charge is 0.277 e. The largest absolute Gasteiger partial charge is 0.346 e. The van der Waals surface area contributed by atoms with Crippen molar-refractivity contribution in [3.63, 3.8) is 0 Å². The number of amidine groups is 1. The van der Waals surface area contributed by atoms with Gasteiger partial charge in [-0.3, -0.25) is 4.79 Å². The molecule has 0 fully saturated rings. The third-order valence-corrected chi connectivity index (χ3v) is 4.06. The molecule has 0 atom stereocenters. The van der Waals surface area contributed by atoms with Gasteiger partial charge < -0.3 is 16.0 Å². The molecular weight excluding hydrogens is 342 g/mol. The third kappa shape index (κ3) is 4.49. The minimum Gasteiger partial charge on any atom is -0.346 e. The molecule has 0 aromatic carbocycles. The maximum Gasteiger partial charge on any atom is 0.277 e. The Morgan fingerprint density at radius 3 is 2.77 bits per heavy atom. The molecule has 0 spiro atoms. The van der Waals surface area contributed by atoms with Crippen molar-refractivity contribution in [2.75, 3.05) is 25.4 Å². The van der Waals surface area contributed by atoms with E-state index in [2.05, 4.69) is 9.71 Å². The average Bonchev–Trinajstić information content (AvgIpc) is 2.43. The number of nitrogens with zero attached hydrogens (tertiary/aromatic N) is 2. The van der Waals surface area contributed by atoms with Gasteiger partial charge in [-0.25, -0.2) is 17.2 Å². The number of sulfonamides is 1. The molecule has 0 saturated carbocycles. The number of hydrogen-bond acceptors (Lipinski definition) is 5. The lowest BCUT2D eigenvalue weighted by Crippen LogP contribution is -2.43. The fourth-order valence-corrected chi connectivity index (χ4v) is 2.69. The first-order valence-corrected chi connectivity index (χ1v) is 7.69. The van der Waals surface area contributed by atoms with Crippen LogP contribution in [0.5, 0.6) is 0 Å². The number of carbonyl (C=O) groups is 1. The summed E-state index contributed by atoms with van der Waals surface area (Å²) in [5, 5.41) is 2.08. The summed E-state index contributed by atoms with van der Waals surface area (Å²) in [6, 6.07) is 0. The highest BCUT2D eigenvalue weighted by Crippen LogP contribution is 2.16. The minimum atomic E-state index is -3.47. The molecule has 2 aliphatic heterocycles. The van der Waals surface area contributed by atoms with E-state index in [1.54, 1.807) is 0 Å². The Kier molecular flexibility index (Phi) is 5.65. The quantitative estimate of drug-likeness (QED) is 0.714. The first-order chi connectivity index (χ1) is 9.72. The summed E-state index contributed by atoms with van der Waals surface area (Å²) in [4.78, 5) is 13.3. The van der Waals surface area contributed by atoms with Gasteiger partial charge in [-0.1, -0.05) is 0 Å². The van der Waals surface area contributed by atoms with Crippen molar-refractivity contribution in [1.82, 2.24) is 10.2 Å². The van der Waals surface area contributed by atoms with E-state index in [1.165, 1.54) is 23.3 Å². The van der Waals surface area contributed by atoms with E-state index in [4.69, 9.17) is 5.73 Å². The zero-order chi connectivity index (χ0) is 15.7. The van der Waals surface area contributed by atoms with Crippen molar-refractivity contribution < 1.29 is 22.0 Å². The number of alkyl halides is 2. The number of nitrogens with two attached hydrogens (primary N) is 1. The molecule has 2 heterocycles. The maximum absolute atomic E-state index is 13.0. The van der Waals surface area contributed by atoms with Gasteiger partial charge in [-0.15, -0.1) is 16.8 Å². The Balaban J connectivity index is 0.00000242. The highest BCUT2D eigenvalue weighted by Gasteiger charge is 2.29. The van der Waals surface area contributed by atoms with Crippen molar-refractivity contribution in [2.45, 2.75) is 5.92 Å². The summed E-state index contributed by atoms with van der Waals surface area (Å²) in [5.41, 5.74) is 5.01. The van der Waals surface area contributed by atoms with Crippen LogP contribution in [0.15, 0.2) is 28.3 Å². The van der Waals surface area contributed by atoms with Crippen LogP contribution >= 0.6 is 12.4 Å². The SMILES string of the molecule is Cl.NCC(F)(F)CNC(=O)C1=CN2CCS(=O)(=O)N=C2C=C1. The van der Waals surface area contributed by atoms with E-state index in [0.29, 0.717) is 0 Å². The van der Waals surface area contributed by atoms with Crippen LogP contribution in [0, 0.1) is 0 Å². The van der Waals surface area contributed by atoms with Crippen molar-refractivity contribution in [3.8, 4) is 0 Å². The molecule has 0 aromatic rings. The van der Waals surface area contributed by atoms with Gasteiger partial charge in [0.05, 0.1) is 24.4 Å². The lowest BCUT2D eigenvalue weighted by atomic mass is 10.1. The van der Waals surface area contributed by atoms with Crippen molar-refractivity contribution in [1.29, 1.82) is 0 Å². The summed E-state index contributed by atoms with van der Waals surface area (Å²) in [5.74, 6) is -3.82. The highest BCUT2D eigenvalue weighted by molar-refractivity contribution is 7.90. The van der Waals surface area contributed by atoms with E-state index in [0.717, 1.165) is 0 Å². The number of nitrogens with one attached hydrogen (secondary N) is 1. The van der Waals surface area contributed by atoms with Crippen LogP contribution in [0.25, 0.3) is 0 Å². The Labute approximate surface area is 132 Å². The first-order valence-electron chi connectivity index (χ1n) is 6.08. The molecule has 0 radical (unpaired) electrons. The lowest BCUT2D eigenvalue weighted by Gasteiger charge is -2.27. The summed E-state index contributed by atoms with van der Waals surface area (Å²) in [6.07, 6.45) is 4.06. The molecule has 124 valence electrons. The topological polar surface area (TPSA) is 105 Å². The first kappa shape index (κ1) is 18.5. The predicted octanol–water partition coefficient (Wildman–Crippen LogP) is -0.384. The monoisotopic (exact) mass is 356 g/mol. The predicted molar refractivity (Wildman–Crippen MR) is 79.4 cm³/mol. The molecule has 1 amide bonds. The zero-order valence-corrected chi connectivity index (χ0v) is 13.0. The summed E-state index contributed by atoms with van der Waals surface area (Å²) in [7, 11) is -3.47. The van der Waals surface area contributed by atoms with Crippen molar-refractivity contribution in [2.24, 2.45) is 10.1 Å². The molecule has 2 rings (SSSR count). The minimum absolute atomic E-state index is 0. The Morgan fingerprint density at radius 1 is 1.45 bits per heavy atom. The van der Waals surface area contributed by atoms with Gasteiger partial charge >= 0.3 is 0 Å². The fraction of sp³-hybridized carbons (Fsp3) is 0.455. The normalized spacial score (nSPS) is 19.5. The molecule has 3 N–H and O–H groups in total. The van der Waals surface area contributed by atoms with Crippen molar-refractivity contribution in [3.05, 3.63) is 23.9 Å². The van der Waals surface area contributed by atoms with Gasteiger partial charge in [0, 0.05) is 12.7 Å². The second-order valence-corrected chi connectivity index (χ2v) is 6.34. The van der Waals surface area contributed by atoms with Gasteiger partial charge in [0.25, 0.3) is 21.9 Å². The van der Waals surface area contributed by atoms with Gasteiger partial charge in [0.2, 0.25) is 0 Å². The summed E-state index contributed by atoms with van der Waals surface area (Å²) in [6.45, 7) is -1.56. The molecule has 7 nitrogen and oxygen atoms in total. The molecule has 0 bridgehead atoms.